The average molecular weight is 261 g/mol. The summed E-state index contributed by atoms with van der Waals surface area (Å²) in [6.45, 7) is 4.84. The van der Waals surface area contributed by atoms with Gasteiger partial charge in [-0.3, -0.25) is 9.59 Å². The second kappa shape index (κ2) is 5.30. The molecule has 0 bridgehead atoms. The molecule has 102 valence electrons. The Morgan fingerprint density at radius 2 is 2.21 bits per heavy atom. The van der Waals surface area contributed by atoms with Crippen LogP contribution in [0, 0.1) is 6.92 Å². The summed E-state index contributed by atoms with van der Waals surface area (Å²) < 4.78 is 0. The highest BCUT2D eigenvalue weighted by atomic mass is 16.2. The first kappa shape index (κ1) is 13.4. The lowest BCUT2D eigenvalue weighted by Crippen LogP contribution is -2.56. The predicted molar refractivity (Wildman–Crippen MR) is 73.7 cm³/mol. The van der Waals surface area contributed by atoms with Crippen LogP contribution in [0.15, 0.2) is 18.2 Å². The Hall–Kier alpha value is -2.04. The molecule has 1 fully saturated rings. The summed E-state index contributed by atoms with van der Waals surface area (Å²) in [5, 5.41) is 2.78. The normalized spacial score (nSPS) is 19.2. The number of rotatable bonds is 2. The van der Waals surface area contributed by atoms with Crippen molar-refractivity contribution >= 4 is 17.5 Å². The van der Waals surface area contributed by atoms with Crippen molar-refractivity contribution < 1.29 is 9.59 Å². The van der Waals surface area contributed by atoms with Crippen LogP contribution in [0.1, 0.15) is 29.3 Å². The van der Waals surface area contributed by atoms with Gasteiger partial charge in [-0.1, -0.05) is 6.92 Å². The number of nitrogens with two attached hydrogens (primary N) is 1. The van der Waals surface area contributed by atoms with Gasteiger partial charge in [0.15, 0.2) is 0 Å². The number of carbonyl (C=O) groups is 2. The highest BCUT2D eigenvalue weighted by Crippen LogP contribution is 2.17. The van der Waals surface area contributed by atoms with Crippen molar-refractivity contribution in [3.05, 3.63) is 29.3 Å². The van der Waals surface area contributed by atoms with Gasteiger partial charge in [0.05, 0.1) is 0 Å². The fourth-order valence-corrected chi connectivity index (χ4v) is 2.47. The molecule has 1 aromatic carbocycles. The van der Waals surface area contributed by atoms with Gasteiger partial charge in [0.25, 0.3) is 5.91 Å². The Kier molecular flexibility index (Phi) is 3.74. The molecule has 2 amide bonds. The van der Waals surface area contributed by atoms with Gasteiger partial charge < -0.3 is 16.0 Å². The third-order valence-corrected chi connectivity index (χ3v) is 3.32. The number of benzene rings is 1. The predicted octanol–water partition coefficient (Wildman–Crippen LogP) is 0.928. The summed E-state index contributed by atoms with van der Waals surface area (Å²) in [6.07, 6.45) is 0.610. The molecule has 0 saturated carbocycles. The molecule has 1 atom stereocenters. The lowest BCUT2D eigenvalue weighted by Gasteiger charge is -2.34. The number of piperazine rings is 1. The maximum atomic E-state index is 12.5. The fourth-order valence-electron chi connectivity index (χ4n) is 2.47. The van der Waals surface area contributed by atoms with Gasteiger partial charge in [0, 0.05) is 24.3 Å². The summed E-state index contributed by atoms with van der Waals surface area (Å²) in [4.78, 5) is 25.9. The molecule has 5 nitrogen and oxygen atoms in total. The van der Waals surface area contributed by atoms with Gasteiger partial charge in [-0.15, -0.1) is 0 Å². The Bertz CT molecular complexity index is 493. The summed E-state index contributed by atoms with van der Waals surface area (Å²) in [5.41, 5.74) is 7.83. The van der Waals surface area contributed by atoms with E-state index in [9.17, 15) is 9.59 Å². The number of aryl methyl sites for hydroxylation is 1. The molecule has 1 heterocycles. The molecule has 19 heavy (non-hydrogen) atoms. The maximum absolute atomic E-state index is 12.5. The number of amides is 2. The molecule has 0 aromatic heterocycles. The highest BCUT2D eigenvalue weighted by Gasteiger charge is 2.32. The highest BCUT2D eigenvalue weighted by molar-refractivity contribution is 5.99. The molecule has 0 radical (unpaired) electrons. The van der Waals surface area contributed by atoms with E-state index in [1.807, 2.05) is 19.9 Å². The molecule has 1 aromatic rings. The third kappa shape index (κ3) is 2.70. The van der Waals surface area contributed by atoms with E-state index in [1.54, 1.807) is 17.0 Å². The summed E-state index contributed by atoms with van der Waals surface area (Å²) in [5.74, 6) is -0.208. The van der Waals surface area contributed by atoms with Crippen molar-refractivity contribution in [2.75, 3.05) is 18.8 Å². The van der Waals surface area contributed by atoms with Crippen LogP contribution in [-0.2, 0) is 4.79 Å². The van der Waals surface area contributed by atoms with Gasteiger partial charge in [-0.2, -0.15) is 0 Å². The second-order valence-electron chi connectivity index (χ2n) is 4.85. The minimum atomic E-state index is -0.386. The van der Waals surface area contributed by atoms with Crippen LogP contribution in [0.2, 0.25) is 0 Å². The van der Waals surface area contributed by atoms with Crippen LogP contribution in [0.25, 0.3) is 0 Å². The molecule has 1 aliphatic rings. The van der Waals surface area contributed by atoms with Crippen LogP contribution in [0.4, 0.5) is 5.69 Å². The Morgan fingerprint density at radius 1 is 1.47 bits per heavy atom. The molecule has 1 unspecified atom stereocenters. The number of hydrogen-bond donors (Lipinski definition) is 2. The van der Waals surface area contributed by atoms with Crippen molar-refractivity contribution in [2.45, 2.75) is 26.3 Å². The lowest BCUT2D eigenvalue weighted by atomic mass is 10.1. The van der Waals surface area contributed by atoms with Gasteiger partial charge in [0.1, 0.15) is 6.04 Å². The first-order valence-corrected chi connectivity index (χ1v) is 6.48. The van der Waals surface area contributed by atoms with E-state index in [0.29, 0.717) is 30.8 Å². The molecular weight excluding hydrogens is 242 g/mol. The van der Waals surface area contributed by atoms with Gasteiger partial charge in [0.2, 0.25) is 5.91 Å². The van der Waals surface area contributed by atoms with Crippen molar-refractivity contribution in [3.8, 4) is 0 Å². The van der Waals surface area contributed by atoms with E-state index < -0.39 is 0 Å². The van der Waals surface area contributed by atoms with Gasteiger partial charge in [-0.05, 0) is 37.1 Å². The van der Waals surface area contributed by atoms with Crippen LogP contribution in [0.5, 0.6) is 0 Å². The molecule has 1 saturated heterocycles. The smallest absolute Gasteiger partial charge is 0.254 e. The van der Waals surface area contributed by atoms with Crippen molar-refractivity contribution in [3.63, 3.8) is 0 Å². The molecule has 0 aliphatic carbocycles. The van der Waals surface area contributed by atoms with E-state index >= 15 is 0 Å². The molecular formula is C14H19N3O2. The average Bonchev–Trinajstić information content (AvgIpc) is 2.36. The molecule has 3 N–H and O–H groups in total. The van der Waals surface area contributed by atoms with Crippen LogP contribution >= 0.6 is 0 Å². The zero-order valence-corrected chi connectivity index (χ0v) is 11.3. The van der Waals surface area contributed by atoms with Crippen LogP contribution in [-0.4, -0.2) is 35.8 Å². The number of nitrogens with zero attached hydrogens (tertiary/aromatic N) is 1. The van der Waals surface area contributed by atoms with E-state index in [0.717, 1.165) is 5.56 Å². The Morgan fingerprint density at radius 3 is 2.84 bits per heavy atom. The van der Waals surface area contributed by atoms with Gasteiger partial charge in [-0.25, -0.2) is 0 Å². The zero-order chi connectivity index (χ0) is 14.0. The molecule has 1 aliphatic heterocycles. The SMILES string of the molecule is CCC1C(=O)NCCN1C(=O)c1cc(C)cc(N)c1. The van der Waals surface area contributed by atoms with Crippen LogP contribution in [0.3, 0.4) is 0 Å². The van der Waals surface area contributed by atoms with Crippen molar-refractivity contribution in [2.24, 2.45) is 0 Å². The standard InChI is InChI=1S/C14H19N3O2/c1-3-12-13(18)16-4-5-17(12)14(19)10-6-9(2)7-11(15)8-10/h6-8,12H,3-5,15H2,1-2H3,(H,16,18). The molecule has 0 spiro atoms. The summed E-state index contributed by atoms with van der Waals surface area (Å²) >= 11 is 0. The molecule has 5 heteroatoms. The summed E-state index contributed by atoms with van der Waals surface area (Å²) in [7, 11) is 0. The first-order valence-electron chi connectivity index (χ1n) is 6.48. The van der Waals surface area contributed by atoms with E-state index in [1.165, 1.54) is 0 Å². The van der Waals surface area contributed by atoms with Gasteiger partial charge >= 0.3 is 0 Å². The lowest BCUT2D eigenvalue weighted by molar-refractivity contribution is -0.127. The topological polar surface area (TPSA) is 75.4 Å². The monoisotopic (exact) mass is 261 g/mol. The van der Waals surface area contributed by atoms with E-state index in [2.05, 4.69) is 5.32 Å². The van der Waals surface area contributed by atoms with E-state index in [4.69, 9.17) is 5.73 Å². The minimum absolute atomic E-state index is 0.0808. The van der Waals surface area contributed by atoms with Crippen LogP contribution < -0.4 is 11.1 Å². The quantitative estimate of drug-likeness (QED) is 0.778. The fraction of sp³-hybridized carbons (Fsp3) is 0.429. The largest absolute Gasteiger partial charge is 0.399 e. The Balaban J connectivity index is 2.29. The zero-order valence-electron chi connectivity index (χ0n) is 11.3. The Labute approximate surface area is 112 Å². The van der Waals surface area contributed by atoms with Crippen molar-refractivity contribution in [1.82, 2.24) is 10.2 Å². The molecule has 2 rings (SSSR count). The number of anilines is 1. The minimum Gasteiger partial charge on any atom is -0.399 e. The second-order valence-corrected chi connectivity index (χ2v) is 4.85. The van der Waals surface area contributed by atoms with E-state index in [-0.39, 0.29) is 17.9 Å². The number of nitrogens with one attached hydrogen (secondary N) is 1. The summed E-state index contributed by atoms with van der Waals surface area (Å²) in [6, 6.07) is 4.90. The maximum Gasteiger partial charge on any atom is 0.254 e. The third-order valence-electron chi connectivity index (χ3n) is 3.32. The number of nitrogen functional groups attached to an aromatic ring is 1. The number of carbonyl (C=O) groups excluding carboxylic acids is 2. The van der Waals surface area contributed by atoms with Crippen molar-refractivity contribution in [1.29, 1.82) is 0 Å². The first-order chi connectivity index (χ1) is 9.02. The number of hydrogen-bond acceptors (Lipinski definition) is 3.